The number of anilines is 2. The Labute approximate surface area is 111 Å². The molecule has 0 radical (unpaired) electrons. The summed E-state index contributed by atoms with van der Waals surface area (Å²) in [5.41, 5.74) is 1.15. The Balaban J connectivity index is 2.59. The van der Waals surface area contributed by atoms with Crippen LogP contribution in [0.15, 0.2) is 18.3 Å². The predicted molar refractivity (Wildman–Crippen MR) is 80.1 cm³/mol. The quantitative estimate of drug-likeness (QED) is 0.770. The average Bonchev–Trinajstić information content (AvgIpc) is 2.29. The van der Waals surface area contributed by atoms with Crippen molar-refractivity contribution in [3.63, 3.8) is 0 Å². The lowest BCUT2D eigenvalue weighted by Gasteiger charge is -2.25. The number of pyridine rings is 1. The summed E-state index contributed by atoms with van der Waals surface area (Å²) in [6.45, 7) is 13.2. The molecule has 0 unspecified atom stereocenters. The van der Waals surface area contributed by atoms with E-state index in [0.717, 1.165) is 24.6 Å². The summed E-state index contributed by atoms with van der Waals surface area (Å²) in [4.78, 5) is 4.28. The zero-order valence-electron chi connectivity index (χ0n) is 12.3. The molecule has 3 nitrogen and oxygen atoms in total. The lowest BCUT2D eigenvalue weighted by Crippen LogP contribution is -2.24. The second kappa shape index (κ2) is 7.24. The van der Waals surface area contributed by atoms with Crippen LogP contribution in [0.1, 0.15) is 34.6 Å². The van der Waals surface area contributed by atoms with Crippen LogP contribution < -0.4 is 10.6 Å². The molecule has 0 aliphatic heterocycles. The monoisotopic (exact) mass is 249 g/mol. The highest BCUT2D eigenvalue weighted by Gasteiger charge is 2.16. The summed E-state index contributed by atoms with van der Waals surface area (Å²) in [5, 5.41) is 6.76. The van der Waals surface area contributed by atoms with Gasteiger partial charge >= 0.3 is 0 Å². The number of nitrogens with zero attached hydrogens (tertiary/aromatic N) is 1. The summed E-state index contributed by atoms with van der Waals surface area (Å²) < 4.78 is 0. The van der Waals surface area contributed by atoms with E-state index in [-0.39, 0.29) is 0 Å². The molecule has 0 aliphatic carbocycles. The number of nitrogens with one attached hydrogen (secondary N) is 2. The van der Waals surface area contributed by atoms with Gasteiger partial charge in [-0.3, -0.25) is 0 Å². The molecule has 0 aromatic carbocycles. The number of hydrogen-bond donors (Lipinski definition) is 2. The van der Waals surface area contributed by atoms with E-state index in [1.54, 1.807) is 0 Å². The van der Waals surface area contributed by atoms with Crippen molar-refractivity contribution in [2.45, 2.75) is 34.6 Å². The Morgan fingerprint density at radius 3 is 2.33 bits per heavy atom. The highest BCUT2D eigenvalue weighted by molar-refractivity contribution is 5.51. The van der Waals surface area contributed by atoms with Crippen molar-refractivity contribution in [3.8, 4) is 0 Å². The van der Waals surface area contributed by atoms with Crippen LogP contribution in [0, 0.1) is 17.8 Å². The van der Waals surface area contributed by atoms with Crippen LogP contribution in [-0.2, 0) is 0 Å². The standard InChI is InChI=1S/C15H27N3/c1-6-16-15-9-13(7-8-17-15)18-10-14(11(2)3)12(4)5/h7-9,11-12,14H,6,10H2,1-5H3,(H2,16,17,18). The first kappa shape index (κ1) is 14.8. The van der Waals surface area contributed by atoms with Gasteiger partial charge in [0.25, 0.3) is 0 Å². The van der Waals surface area contributed by atoms with Crippen molar-refractivity contribution in [2.75, 3.05) is 23.7 Å². The van der Waals surface area contributed by atoms with Gasteiger partial charge < -0.3 is 10.6 Å². The first-order valence-corrected chi connectivity index (χ1v) is 6.98. The molecule has 0 atom stereocenters. The van der Waals surface area contributed by atoms with Crippen molar-refractivity contribution in [1.82, 2.24) is 4.98 Å². The van der Waals surface area contributed by atoms with Gasteiger partial charge in [-0.1, -0.05) is 27.7 Å². The normalized spacial score (nSPS) is 11.3. The Morgan fingerprint density at radius 2 is 1.78 bits per heavy atom. The van der Waals surface area contributed by atoms with Crippen molar-refractivity contribution in [3.05, 3.63) is 18.3 Å². The smallest absolute Gasteiger partial charge is 0.127 e. The first-order chi connectivity index (χ1) is 8.54. The SMILES string of the molecule is CCNc1cc(NCC(C(C)C)C(C)C)ccn1. The predicted octanol–water partition coefficient (Wildman–Crippen LogP) is 3.85. The fourth-order valence-electron chi connectivity index (χ4n) is 2.30. The van der Waals surface area contributed by atoms with Gasteiger partial charge in [-0.25, -0.2) is 4.98 Å². The van der Waals surface area contributed by atoms with Crippen LogP contribution in [0.2, 0.25) is 0 Å². The molecular weight excluding hydrogens is 222 g/mol. The minimum absolute atomic E-state index is 0.695. The second-order valence-corrected chi connectivity index (χ2v) is 5.49. The van der Waals surface area contributed by atoms with Crippen molar-refractivity contribution in [1.29, 1.82) is 0 Å². The highest BCUT2D eigenvalue weighted by atomic mass is 15.0. The number of hydrogen-bond acceptors (Lipinski definition) is 3. The zero-order valence-corrected chi connectivity index (χ0v) is 12.3. The van der Waals surface area contributed by atoms with Gasteiger partial charge in [-0.15, -0.1) is 0 Å². The Kier molecular flexibility index (Phi) is 5.96. The van der Waals surface area contributed by atoms with E-state index in [1.807, 2.05) is 12.3 Å². The maximum Gasteiger partial charge on any atom is 0.127 e. The molecule has 0 bridgehead atoms. The Hall–Kier alpha value is -1.25. The van der Waals surface area contributed by atoms with E-state index in [4.69, 9.17) is 0 Å². The Morgan fingerprint density at radius 1 is 1.11 bits per heavy atom. The van der Waals surface area contributed by atoms with Crippen molar-refractivity contribution < 1.29 is 0 Å². The van der Waals surface area contributed by atoms with Gasteiger partial charge in [-0.2, -0.15) is 0 Å². The molecule has 0 amide bonds. The van der Waals surface area contributed by atoms with E-state index in [0.29, 0.717) is 17.8 Å². The zero-order chi connectivity index (χ0) is 13.5. The van der Waals surface area contributed by atoms with E-state index >= 15 is 0 Å². The minimum atomic E-state index is 0.695. The highest BCUT2D eigenvalue weighted by Crippen LogP contribution is 2.21. The van der Waals surface area contributed by atoms with Crippen LogP contribution >= 0.6 is 0 Å². The number of rotatable bonds is 7. The van der Waals surface area contributed by atoms with E-state index in [2.05, 4.69) is 56.3 Å². The van der Waals surface area contributed by atoms with E-state index in [9.17, 15) is 0 Å². The van der Waals surface area contributed by atoms with Gasteiger partial charge in [0.1, 0.15) is 5.82 Å². The Bertz CT molecular complexity index is 339. The second-order valence-electron chi connectivity index (χ2n) is 5.49. The van der Waals surface area contributed by atoms with Crippen LogP contribution in [-0.4, -0.2) is 18.1 Å². The topological polar surface area (TPSA) is 37.0 Å². The summed E-state index contributed by atoms with van der Waals surface area (Å²) in [6.07, 6.45) is 1.85. The van der Waals surface area contributed by atoms with Gasteiger partial charge in [0, 0.05) is 31.0 Å². The minimum Gasteiger partial charge on any atom is -0.385 e. The third-order valence-corrected chi connectivity index (χ3v) is 3.37. The summed E-state index contributed by atoms with van der Waals surface area (Å²) >= 11 is 0. The lowest BCUT2D eigenvalue weighted by atomic mass is 9.85. The van der Waals surface area contributed by atoms with Crippen molar-refractivity contribution in [2.24, 2.45) is 17.8 Å². The molecule has 18 heavy (non-hydrogen) atoms. The molecule has 0 aliphatic rings. The first-order valence-electron chi connectivity index (χ1n) is 6.98. The maximum atomic E-state index is 4.28. The van der Waals surface area contributed by atoms with Crippen LogP contribution in [0.3, 0.4) is 0 Å². The van der Waals surface area contributed by atoms with Crippen LogP contribution in [0.25, 0.3) is 0 Å². The maximum absolute atomic E-state index is 4.28. The molecule has 3 heteroatoms. The largest absolute Gasteiger partial charge is 0.385 e. The molecular formula is C15H27N3. The molecule has 0 spiro atoms. The third-order valence-electron chi connectivity index (χ3n) is 3.37. The van der Waals surface area contributed by atoms with E-state index in [1.165, 1.54) is 0 Å². The number of aromatic nitrogens is 1. The lowest BCUT2D eigenvalue weighted by molar-refractivity contribution is 0.304. The van der Waals surface area contributed by atoms with Gasteiger partial charge in [-0.05, 0) is 30.7 Å². The van der Waals surface area contributed by atoms with Crippen molar-refractivity contribution >= 4 is 11.5 Å². The summed E-state index contributed by atoms with van der Waals surface area (Å²) in [5.74, 6) is 3.04. The molecule has 1 aromatic rings. The molecule has 1 heterocycles. The molecule has 0 saturated carbocycles. The average molecular weight is 249 g/mol. The van der Waals surface area contributed by atoms with Crippen LogP contribution in [0.5, 0.6) is 0 Å². The molecule has 102 valence electrons. The third kappa shape index (κ3) is 4.55. The molecule has 1 aromatic heterocycles. The molecule has 2 N–H and O–H groups in total. The summed E-state index contributed by atoms with van der Waals surface area (Å²) in [7, 11) is 0. The van der Waals surface area contributed by atoms with Gasteiger partial charge in [0.2, 0.25) is 0 Å². The fraction of sp³-hybridized carbons (Fsp3) is 0.667. The molecule has 0 saturated heterocycles. The molecule has 0 fully saturated rings. The fourth-order valence-corrected chi connectivity index (χ4v) is 2.30. The van der Waals surface area contributed by atoms with Crippen LogP contribution in [0.4, 0.5) is 11.5 Å². The summed E-state index contributed by atoms with van der Waals surface area (Å²) in [6, 6.07) is 4.10. The van der Waals surface area contributed by atoms with E-state index < -0.39 is 0 Å². The molecule has 1 rings (SSSR count). The van der Waals surface area contributed by atoms with Gasteiger partial charge in [0.15, 0.2) is 0 Å². The van der Waals surface area contributed by atoms with Gasteiger partial charge in [0.05, 0.1) is 0 Å².